The lowest BCUT2D eigenvalue weighted by Crippen LogP contribution is -2.40. The molecule has 1 aromatic rings. The Labute approximate surface area is 94.2 Å². The molecule has 0 bridgehead atoms. The fourth-order valence-electron chi connectivity index (χ4n) is 1.52. The van der Waals surface area contributed by atoms with Crippen LogP contribution >= 0.6 is 0 Å². The summed E-state index contributed by atoms with van der Waals surface area (Å²) in [5.74, 6) is -1.63. The van der Waals surface area contributed by atoms with Crippen molar-refractivity contribution in [2.24, 2.45) is 0 Å². The normalized spacial score (nSPS) is 21.5. The highest BCUT2D eigenvalue weighted by Crippen LogP contribution is 2.26. The van der Waals surface area contributed by atoms with Crippen LogP contribution in [0.15, 0.2) is 6.20 Å². The van der Waals surface area contributed by atoms with Crippen molar-refractivity contribution in [1.29, 1.82) is 0 Å². The van der Waals surface area contributed by atoms with Crippen molar-refractivity contribution in [3.8, 4) is 0 Å². The van der Waals surface area contributed by atoms with Crippen LogP contribution in [0.5, 0.6) is 0 Å². The van der Waals surface area contributed by atoms with Crippen molar-refractivity contribution in [2.75, 3.05) is 11.5 Å². The minimum Gasteiger partial charge on any atom is -0.447 e. The van der Waals surface area contributed by atoms with Gasteiger partial charge in [0.15, 0.2) is 11.6 Å². The van der Waals surface area contributed by atoms with Crippen molar-refractivity contribution in [3.63, 3.8) is 0 Å². The van der Waals surface area contributed by atoms with Gasteiger partial charge < -0.3 is 4.74 Å². The van der Waals surface area contributed by atoms with Crippen molar-refractivity contribution >= 4 is 11.9 Å². The van der Waals surface area contributed by atoms with E-state index >= 15 is 0 Å². The molecule has 1 unspecified atom stereocenters. The van der Waals surface area contributed by atoms with E-state index in [1.54, 1.807) is 0 Å². The summed E-state index contributed by atoms with van der Waals surface area (Å²) in [5.41, 5.74) is 0. The summed E-state index contributed by atoms with van der Waals surface area (Å²) >= 11 is 0. The van der Waals surface area contributed by atoms with E-state index in [9.17, 15) is 18.0 Å². The van der Waals surface area contributed by atoms with E-state index in [4.69, 9.17) is 0 Å². The molecule has 0 radical (unpaired) electrons. The van der Waals surface area contributed by atoms with Crippen molar-refractivity contribution < 1.29 is 22.7 Å². The fraction of sp³-hybridized carbons (Fsp3) is 0.444. The van der Waals surface area contributed by atoms with Gasteiger partial charge in [-0.15, -0.1) is 0 Å². The third kappa shape index (κ3) is 2.02. The molecular weight excluding hydrogens is 239 g/mol. The summed E-state index contributed by atoms with van der Waals surface area (Å²) in [6, 6.07) is -1.02. The van der Waals surface area contributed by atoms with Crippen molar-refractivity contribution in [1.82, 2.24) is 9.97 Å². The summed E-state index contributed by atoms with van der Waals surface area (Å²) in [4.78, 5) is 18.1. The largest absolute Gasteiger partial charge is 0.447 e. The second kappa shape index (κ2) is 4.19. The van der Waals surface area contributed by atoms with Gasteiger partial charge in [0, 0.05) is 0 Å². The highest BCUT2D eigenvalue weighted by molar-refractivity contribution is 5.89. The van der Waals surface area contributed by atoms with E-state index in [1.807, 2.05) is 0 Å². The molecule has 0 spiro atoms. The van der Waals surface area contributed by atoms with Gasteiger partial charge in [-0.1, -0.05) is 0 Å². The molecule has 1 aromatic heterocycles. The van der Waals surface area contributed by atoms with Gasteiger partial charge in [0.1, 0.15) is 18.8 Å². The third-order valence-corrected chi connectivity index (χ3v) is 2.36. The minimum atomic E-state index is -1.46. The number of hydrogen-bond donors (Lipinski definition) is 0. The first-order valence-corrected chi connectivity index (χ1v) is 4.79. The van der Waals surface area contributed by atoms with Crippen LogP contribution in [0.3, 0.4) is 0 Å². The molecule has 2 heterocycles. The van der Waals surface area contributed by atoms with Crippen LogP contribution in [-0.4, -0.2) is 34.9 Å². The SMILES string of the molecule is C[C@@H](F)C1COC(=O)N1c1nc(F)ncc1F. The van der Waals surface area contributed by atoms with Crippen LogP contribution in [0.4, 0.5) is 23.8 Å². The van der Waals surface area contributed by atoms with Gasteiger partial charge in [0.2, 0.25) is 0 Å². The van der Waals surface area contributed by atoms with Gasteiger partial charge >= 0.3 is 12.2 Å². The zero-order chi connectivity index (χ0) is 12.6. The maximum atomic E-state index is 13.4. The molecule has 17 heavy (non-hydrogen) atoms. The molecule has 1 amide bonds. The van der Waals surface area contributed by atoms with Gasteiger partial charge in [-0.2, -0.15) is 9.37 Å². The monoisotopic (exact) mass is 247 g/mol. The zero-order valence-electron chi connectivity index (χ0n) is 8.73. The Hall–Kier alpha value is -1.86. The zero-order valence-corrected chi connectivity index (χ0v) is 8.73. The molecule has 5 nitrogen and oxygen atoms in total. The summed E-state index contributed by atoms with van der Waals surface area (Å²) in [6.45, 7) is 0.955. The quantitative estimate of drug-likeness (QED) is 0.742. The molecule has 2 rings (SSSR count). The highest BCUT2D eigenvalue weighted by atomic mass is 19.1. The van der Waals surface area contributed by atoms with Gasteiger partial charge in [-0.05, 0) is 6.92 Å². The third-order valence-electron chi connectivity index (χ3n) is 2.36. The topological polar surface area (TPSA) is 55.3 Å². The van der Waals surface area contributed by atoms with E-state index in [0.717, 1.165) is 0 Å². The molecule has 0 N–H and O–H groups in total. The van der Waals surface area contributed by atoms with Crippen molar-refractivity contribution in [3.05, 3.63) is 18.1 Å². The Bertz CT molecular complexity index is 455. The second-order valence-electron chi connectivity index (χ2n) is 3.50. The Morgan fingerprint density at radius 1 is 1.59 bits per heavy atom. The Morgan fingerprint density at radius 3 is 2.94 bits per heavy atom. The first-order valence-electron chi connectivity index (χ1n) is 4.79. The molecule has 0 aromatic carbocycles. The predicted octanol–water partition coefficient (Wildman–Crippen LogP) is 1.44. The standard InChI is InChI=1S/C9H8F3N3O2/c1-4(10)6-3-17-9(16)15(6)7-5(11)2-13-8(12)14-7/h2,4,6H,3H2,1H3/t4-,6?/m1/s1. The Kier molecular flexibility index (Phi) is 2.86. The van der Waals surface area contributed by atoms with E-state index < -0.39 is 36.0 Å². The van der Waals surface area contributed by atoms with E-state index in [2.05, 4.69) is 14.7 Å². The molecule has 0 aliphatic carbocycles. The highest BCUT2D eigenvalue weighted by Gasteiger charge is 2.40. The number of carbonyl (C=O) groups excluding carboxylic acids is 1. The number of cyclic esters (lactones) is 1. The molecule has 92 valence electrons. The number of aromatic nitrogens is 2. The summed E-state index contributed by atoms with van der Waals surface area (Å²) in [5, 5.41) is 0. The molecule has 1 fully saturated rings. The second-order valence-corrected chi connectivity index (χ2v) is 3.50. The number of nitrogens with zero attached hydrogens (tertiary/aromatic N) is 3. The van der Waals surface area contributed by atoms with E-state index in [0.29, 0.717) is 11.1 Å². The average Bonchev–Trinajstić information content (AvgIpc) is 2.64. The molecule has 1 saturated heterocycles. The van der Waals surface area contributed by atoms with E-state index in [1.165, 1.54) is 6.92 Å². The number of anilines is 1. The van der Waals surface area contributed by atoms with Crippen LogP contribution in [-0.2, 0) is 4.74 Å². The summed E-state index contributed by atoms with van der Waals surface area (Å²) in [6.07, 6.45) is -3.05. The smallest absolute Gasteiger partial charge is 0.416 e. The lowest BCUT2D eigenvalue weighted by molar-refractivity contribution is 0.174. The lowest BCUT2D eigenvalue weighted by atomic mass is 10.2. The lowest BCUT2D eigenvalue weighted by Gasteiger charge is -2.21. The van der Waals surface area contributed by atoms with Gasteiger partial charge in [0.25, 0.3) is 0 Å². The fourth-order valence-corrected chi connectivity index (χ4v) is 1.52. The number of hydrogen-bond acceptors (Lipinski definition) is 4. The molecule has 8 heteroatoms. The number of carbonyl (C=O) groups is 1. The number of alkyl halides is 1. The molecule has 1 aliphatic rings. The van der Waals surface area contributed by atoms with Crippen molar-refractivity contribution in [2.45, 2.75) is 19.1 Å². The van der Waals surface area contributed by atoms with Crippen LogP contribution in [0.25, 0.3) is 0 Å². The first kappa shape index (κ1) is 11.6. The number of halogens is 3. The average molecular weight is 247 g/mol. The van der Waals surface area contributed by atoms with Crippen LogP contribution < -0.4 is 4.90 Å². The van der Waals surface area contributed by atoms with Gasteiger partial charge in [-0.25, -0.2) is 23.5 Å². The van der Waals surface area contributed by atoms with Crippen LogP contribution in [0.2, 0.25) is 0 Å². The maximum Gasteiger partial charge on any atom is 0.416 e. The van der Waals surface area contributed by atoms with Gasteiger partial charge in [-0.3, -0.25) is 0 Å². The minimum absolute atomic E-state index is 0.235. The summed E-state index contributed by atoms with van der Waals surface area (Å²) < 4.78 is 44.0. The predicted molar refractivity (Wildman–Crippen MR) is 50.1 cm³/mol. The Balaban J connectivity index is 2.42. The molecule has 2 atom stereocenters. The number of rotatable bonds is 2. The van der Waals surface area contributed by atoms with Crippen LogP contribution in [0, 0.1) is 11.9 Å². The molecule has 0 saturated carbocycles. The maximum absolute atomic E-state index is 13.4. The first-order chi connectivity index (χ1) is 8.00. The Morgan fingerprint density at radius 2 is 2.29 bits per heavy atom. The van der Waals surface area contributed by atoms with E-state index in [-0.39, 0.29) is 6.61 Å². The molecule has 1 aliphatic heterocycles. The molecular formula is C9H8F3N3O2. The van der Waals surface area contributed by atoms with Gasteiger partial charge in [0.05, 0.1) is 6.20 Å². The number of ether oxygens (including phenoxy) is 1. The summed E-state index contributed by atoms with van der Waals surface area (Å²) in [7, 11) is 0. The number of amides is 1. The van der Waals surface area contributed by atoms with Crippen LogP contribution in [0.1, 0.15) is 6.92 Å².